The van der Waals surface area contributed by atoms with Gasteiger partial charge in [0, 0.05) is 12.2 Å². The van der Waals surface area contributed by atoms with E-state index in [0.29, 0.717) is 17.9 Å². The fourth-order valence-corrected chi connectivity index (χ4v) is 1.72. The standard InChI is InChI=1S/C12H16N4O2/c1-8-10(6-14-16-8)4-3-5-13-12(17)11-7-15-18-9(11)2/h6-7H,3-5H2,1-2H3,(H,13,17)(H,14,16). The summed E-state index contributed by atoms with van der Waals surface area (Å²) in [7, 11) is 0. The van der Waals surface area contributed by atoms with Crippen molar-refractivity contribution in [2.45, 2.75) is 26.7 Å². The summed E-state index contributed by atoms with van der Waals surface area (Å²) < 4.78 is 4.84. The predicted octanol–water partition coefficient (Wildman–Crippen LogP) is 1.38. The molecule has 0 aromatic carbocycles. The summed E-state index contributed by atoms with van der Waals surface area (Å²) in [6.45, 7) is 4.33. The van der Waals surface area contributed by atoms with Crippen LogP contribution in [-0.4, -0.2) is 27.8 Å². The first-order valence-corrected chi connectivity index (χ1v) is 5.87. The monoisotopic (exact) mass is 248 g/mol. The predicted molar refractivity (Wildman–Crippen MR) is 65.2 cm³/mol. The summed E-state index contributed by atoms with van der Waals surface area (Å²) in [4.78, 5) is 11.7. The average molecular weight is 248 g/mol. The number of hydrogen-bond acceptors (Lipinski definition) is 4. The molecule has 2 heterocycles. The van der Waals surface area contributed by atoms with Crippen molar-refractivity contribution in [2.75, 3.05) is 6.54 Å². The lowest BCUT2D eigenvalue weighted by molar-refractivity contribution is 0.0951. The highest BCUT2D eigenvalue weighted by Crippen LogP contribution is 2.07. The van der Waals surface area contributed by atoms with Crippen LogP contribution in [-0.2, 0) is 6.42 Å². The van der Waals surface area contributed by atoms with Crippen molar-refractivity contribution in [3.05, 3.63) is 35.0 Å². The van der Waals surface area contributed by atoms with Crippen molar-refractivity contribution < 1.29 is 9.32 Å². The first-order chi connectivity index (χ1) is 8.68. The van der Waals surface area contributed by atoms with Crippen LogP contribution in [0.15, 0.2) is 16.9 Å². The second-order valence-corrected chi connectivity index (χ2v) is 4.18. The van der Waals surface area contributed by atoms with E-state index in [1.165, 1.54) is 11.8 Å². The molecule has 0 aliphatic heterocycles. The van der Waals surface area contributed by atoms with Gasteiger partial charge in [-0.25, -0.2) is 0 Å². The van der Waals surface area contributed by atoms with Gasteiger partial charge in [-0.05, 0) is 32.3 Å². The van der Waals surface area contributed by atoms with Crippen LogP contribution in [0.1, 0.15) is 33.8 Å². The molecule has 1 amide bonds. The van der Waals surface area contributed by atoms with E-state index in [1.807, 2.05) is 13.1 Å². The minimum Gasteiger partial charge on any atom is -0.361 e. The van der Waals surface area contributed by atoms with Crippen LogP contribution in [0.3, 0.4) is 0 Å². The van der Waals surface area contributed by atoms with Crippen molar-refractivity contribution in [1.82, 2.24) is 20.7 Å². The zero-order valence-electron chi connectivity index (χ0n) is 10.5. The summed E-state index contributed by atoms with van der Waals surface area (Å²) in [6.07, 6.45) is 5.02. The molecule has 0 radical (unpaired) electrons. The Bertz CT molecular complexity index is 530. The molecule has 0 fully saturated rings. The molecule has 2 N–H and O–H groups in total. The van der Waals surface area contributed by atoms with Gasteiger partial charge in [-0.2, -0.15) is 5.10 Å². The van der Waals surface area contributed by atoms with E-state index in [1.54, 1.807) is 6.92 Å². The Morgan fingerprint density at radius 3 is 2.89 bits per heavy atom. The molecule has 0 aliphatic carbocycles. The second kappa shape index (κ2) is 5.48. The maximum Gasteiger partial charge on any atom is 0.256 e. The van der Waals surface area contributed by atoms with Gasteiger partial charge >= 0.3 is 0 Å². The fourth-order valence-electron chi connectivity index (χ4n) is 1.72. The van der Waals surface area contributed by atoms with Crippen LogP contribution < -0.4 is 5.32 Å². The van der Waals surface area contributed by atoms with Crippen LogP contribution >= 0.6 is 0 Å². The molecule has 6 heteroatoms. The van der Waals surface area contributed by atoms with E-state index in [0.717, 1.165) is 18.5 Å². The number of aryl methyl sites for hydroxylation is 3. The number of hydrogen-bond donors (Lipinski definition) is 2. The third-order valence-corrected chi connectivity index (χ3v) is 2.84. The third-order valence-electron chi connectivity index (χ3n) is 2.84. The normalized spacial score (nSPS) is 10.6. The minimum absolute atomic E-state index is 0.141. The molecule has 0 bridgehead atoms. The molecule has 2 aromatic heterocycles. The largest absolute Gasteiger partial charge is 0.361 e. The number of nitrogens with one attached hydrogen (secondary N) is 2. The summed E-state index contributed by atoms with van der Waals surface area (Å²) in [5.41, 5.74) is 2.76. The molecule has 96 valence electrons. The third kappa shape index (κ3) is 2.77. The number of nitrogens with zero attached hydrogens (tertiary/aromatic N) is 2. The Labute approximate surface area is 105 Å². The molecule has 0 spiro atoms. The van der Waals surface area contributed by atoms with Crippen LogP contribution in [0, 0.1) is 13.8 Å². The number of aromatic amines is 1. The van der Waals surface area contributed by atoms with Crippen molar-refractivity contribution >= 4 is 5.91 Å². The first-order valence-electron chi connectivity index (χ1n) is 5.87. The van der Waals surface area contributed by atoms with Gasteiger partial charge in [-0.1, -0.05) is 5.16 Å². The van der Waals surface area contributed by atoms with E-state index < -0.39 is 0 Å². The molecule has 0 unspecified atom stereocenters. The fraction of sp³-hybridized carbons (Fsp3) is 0.417. The summed E-state index contributed by atoms with van der Waals surface area (Å²) in [6, 6.07) is 0. The Hall–Kier alpha value is -2.11. The molecular weight excluding hydrogens is 232 g/mol. The van der Waals surface area contributed by atoms with Crippen molar-refractivity contribution in [3.63, 3.8) is 0 Å². The molecule has 0 saturated carbocycles. The quantitative estimate of drug-likeness (QED) is 0.783. The lowest BCUT2D eigenvalue weighted by Gasteiger charge is -2.03. The maximum atomic E-state index is 11.7. The zero-order valence-corrected chi connectivity index (χ0v) is 10.5. The lowest BCUT2D eigenvalue weighted by atomic mass is 10.1. The van der Waals surface area contributed by atoms with Gasteiger partial charge in [0.15, 0.2) is 0 Å². The van der Waals surface area contributed by atoms with Crippen LogP contribution in [0.25, 0.3) is 0 Å². The van der Waals surface area contributed by atoms with Crippen LogP contribution in [0.4, 0.5) is 0 Å². The molecule has 18 heavy (non-hydrogen) atoms. The maximum absolute atomic E-state index is 11.7. The Morgan fingerprint density at radius 2 is 2.28 bits per heavy atom. The summed E-state index contributed by atoms with van der Waals surface area (Å²) >= 11 is 0. The smallest absolute Gasteiger partial charge is 0.256 e. The lowest BCUT2D eigenvalue weighted by Crippen LogP contribution is -2.24. The van der Waals surface area contributed by atoms with Gasteiger partial charge in [-0.15, -0.1) is 0 Å². The van der Waals surface area contributed by atoms with Gasteiger partial charge in [0.05, 0.1) is 12.4 Å². The topological polar surface area (TPSA) is 83.8 Å². The SMILES string of the molecule is Cc1[nH]ncc1CCCNC(=O)c1cnoc1C. The van der Waals surface area contributed by atoms with E-state index in [4.69, 9.17) is 4.52 Å². The van der Waals surface area contributed by atoms with Crippen molar-refractivity contribution in [2.24, 2.45) is 0 Å². The van der Waals surface area contributed by atoms with Gasteiger partial charge in [0.1, 0.15) is 11.3 Å². The van der Waals surface area contributed by atoms with Crippen molar-refractivity contribution in [3.8, 4) is 0 Å². The number of carbonyl (C=O) groups is 1. The van der Waals surface area contributed by atoms with Gasteiger partial charge in [0.25, 0.3) is 5.91 Å². The van der Waals surface area contributed by atoms with Crippen molar-refractivity contribution in [1.29, 1.82) is 0 Å². The number of carbonyl (C=O) groups excluding carboxylic acids is 1. The van der Waals surface area contributed by atoms with E-state index >= 15 is 0 Å². The second-order valence-electron chi connectivity index (χ2n) is 4.18. The Kier molecular flexibility index (Phi) is 3.76. The van der Waals surface area contributed by atoms with Crippen LogP contribution in [0.5, 0.6) is 0 Å². The average Bonchev–Trinajstić information content (AvgIpc) is 2.94. The highest BCUT2D eigenvalue weighted by atomic mass is 16.5. The number of amides is 1. The van der Waals surface area contributed by atoms with E-state index in [-0.39, 0.29) is 5.91 Å². The molecule has 2 rings (SSSR count). The highest BCUT2D eigenvalue weighted by Gasteiger charge is 2.11. The van der Waals surface area contributed by atoms with Gasteiger partial charge in [0.2, 0.25) is 0 Å². The van der Waals surface area contributed by atoms with E-state index in [2.05, 4.69) is 20.7 Å². The van der Waals surface area contributed by atoms with Gasteiger partial charge < -0.3 is 9.84 Å². The minimum atomic E-state index is -0.141. The Morgan fingerprint density at radius 1 is 1.44 bits per heavy atom. The highest BCUT2D eigenvalue weighted by molar-refractivity contribution is 5.94. The summed E-state index contributed by atoms with van der Waals surface area (Å²) in [5, 5.41) is 13.3. The molecule has 0 atom stereocenters. The molecule has 6 nitrogen and oxygen atoms in total. The zero-order chi connectivity index (χ0) is 13.0. The van der Waals surface area contributed by atoms with E-state index in [9.17, 15) is 4.79 Å². The Balaban J connectivity index is 1.75. The van der Waals surface area contributed by atoms with Crippen LogP contribution in [0.2, 0.25) is 0 Å². The number of rotatable bonds is 5. The number of aromatic nitrogens is 3. The molecule has 0 aliphatic rings. The molecule has 2 aromatic rings. The first kappa shape index (κ1) is 12.3. The molecular formula is C12H16N4O2. The number of H-pyrrole nitrogens is 1. The summed E-state index contributed by atoms with van der Waals surface area (Å²) in [5.74, 6) is 0.399. The molecule has 0 saturated heterocycles. The van der Waals surface area contributed by atoms with Gasteiger partial charge in [-0.3, -0.25) is 9.89 Å².